The van der Waals surface area contributed by atoms with Crippen LogP contribution in [0.15, 0.2) is 17.1 Å². The summed E-state index contributed by atoms with van der Waals surface area (Å²) in [7, 11) is 3.69. The molecule has 0 unspecified atom stereocenters. The zero-order valence-electron chi connectivity index (χ0n) is 15.0. The Labute approximate surface area is 143 Å². The standard InChI is InChI=1S/C17H29N5O2/c1-4-7-21-8-5-14(6-9-21)11-18-16(23)13-22-17(24)10-15(12-19-22)20(2)3/h10,12,14H,4-9,11,13H2,1-3H3,(H,18,23). The second kappa shape index (κ2) is 8.82. The number of hydrogen-bond donors (Lipinski definition) is 1. The summed E-state index contributed by atoms with van der Waals surface area (Å²) in [6.45, 7) is 6.25. The number of nitrogens with one attached hydrogen (secondary N) is 1. The molecule has 0 spiro atoms. The van der Waals surface area contributed by atoms with Crippen molar-refractivity contribution in [2.24, 2.45) is 5.92 Å². The smallest absolute Gasteiger partial charge is 0.269 e. The van der Waals surface area contributed by atoms with Gasteiger partial charge in [-0.2, -0.15) is 5.10 Å². The van der Waals surface area contributed by atoms with E-state index in [1.165, 1.54) is 17.2 Å². The van der Waals surface area contributed by atoms with Crippen molar-refractivity contribution in [3.8, 4) is 0 Å². The van der Waals surface area contributed by atoms with Crippen LogP contribution < -0.4 is 15.8 Å². The van der Waals surface area contributed by atoms with Crippen LogP contribution in [0.5, 0.6) is 0 Å². The minimum absolute atomic E-state index is 0.0266. The highest BCUT2D eigenvalue weighted by atomic mass is 16.2. The van der Waals surface area contributed by atoms with Crippen LogP contribution in [0.25, 0.3) is 0 Å². The van der Waals surface area contributed by atoms with Crippen LogP contribution in [-0.2, 0) is 11.3 Å². The van der Waals surface area contributed by atoms with E-state index in [1.807, 2.05) is 19.0 Å². The summed E-state index contributed by atoms with van der Waals surface area (Å²) >= 11 is 0. The zero-order chi connectivity index (χ0) is 17.5. The Morgan fingerprint density at radius 3 is 2.67 bits per heavy atom. The molecule has 0 aliphatic carbocycles. The van der Waals surface area contributed by atoms with E-state index in [2.05, 4.69) is 22.2 Å². The Bertz CT molecular complexity index is 591. The van der Waals surface area contributed by atoms with Crippen LogP contribution in [0.1, 0.15) is 26.2 Å². The van der Waals surface area contributed by atoms with Gasteiger partial charge < -0.3 is 15.1 Å². The summed E-state index contributed by atoms with van der Waals surface area (Å²) in [5.74, 6) is 0.376. The predicted molar refractivity (Wildman–Crippen MR) is 95.3 cm³/mol. The number of piperidine rings is 1. The van der Waals surface area contributed by atoms with Gasteiger partial charge in [-0.05, 0) is 44.8 Å². The van der Waals surface area contributed by atoms with Gasteiger partial charge in [-0.1, -0.05) is 6.92 Å². The van der Waals surface area contributed by atoms with Gasteiger partial charge >= 0.3 is 0 Å². The average molecular weight is 335 g/mol. The molecule has 2 heterocycles. The van der Waals surface area contributed by atoms with Crippen molar-refractivity contribution in [3.63, 3.8) is 0 Å². The largest absolute Gasteiger partial charge is 0.376 e. The molecule has 1 amide bonds. The van der Waals surface area contributed by atoms with Gasteiger partial charge in [-0.15, -0.1) is 0 Å². The van der Waals surface area contributed by atoms with Crippen molar-refractivity contribution < 1.29 is 4.79 Å². The number of carbonyl (C=O) groups is 1. The van der Waals surface area contributed by atoms with Crippen molar-refractivity contribution in [2.45, 2.75) is 32.7 Å². The molecule has 1 saturated heterocycles. The Kier molecular flexibility index (Phi) is 6.78. The van der Waals surface area contributed by atoms with Crippen molar-refractivity contribution in [3.05, 3.63) is 22.6 Å². The Hall–Kier alpha value is -1.89. The molecule has 1 aliphatic heterocycles. The quantitative estimate of drug-likeness (QED) is 0.788. The first-order chi connectivity index (χ1) is 11.5. The maximum absolute atomic E-state index is 12.1. The topological polar surface area (TPSA) is 70.5 Å². The van der Waals surface area contributed by atoms with Gasteiger partial charge in [-0.3, -0.25) is 9.59 Å². The second-order valence-electron chi connectivity index (χ2n) is 6.69. The third-order valence-electron chi connectivity index (χ3n) is 4.50. The Morgan fingerprint density at radius 2 is 2.08 bits per heavy atom. The van der Waals surface area contributed by atoms with E-state index in [0.29, 0.717) is 12.5 Å². The summed E-state index contributed by atoms with van der Waals surface area (Å²) < 4.78 is 1.20. The van der Waals surface area contributed by atoms with Gasteiger partial charge in [0.2, 0.25) is 5.91 Å². The summed E-state index contributed by atoms with van der Waals surface area (Å²) in [4.78, 5) is 28.3. The van der Waals surface area contributed by atoms with Crippen LogP contribution in [-0.4, -0.2) is 60.9 Å². The lowest BCUT2D eigenvalue weighted by atomic mass is 9.96. The second-order valence-corrected chi connectivity index (χ2v) is 6.69. The van der Waals surface area contributed by atoms with E-state index in [4.69, 9.17) is 0 Å². The van der Waals surface area contributed by atoms with Crippen LogP contribution in [0.3, 0.4) is 0 Å². The van der Waals surface area contributed by atoms with Gasteiger partial charge in [0.05, 0.1) is 11.9 Å². The molecule has 24 heavy (non-hydrogen) atoms. The number of nitrogens with zero attached hydrogens (tertiary/aromatic N) is 4. The van der Waals surface area contributed by atoms with Gasteiger partial charge in [-0.25, -0.2) is 4.68 Å². The molecule has 1 aromatic rings. The normalized spacial score (nSPS) is 16.1. The molecular formula is C17H29N5O2. The first-order valence-electron chi connectivity index (χ1n) is 8.73. The SMILES string of the molecule is CCCN1CCC(CNC(=O)Cn2ncc(N(C)C)cc2=O)CC1. The molecule has 1 aliphatic rings. The molecule has 0 radical (unpaired) electrons. The zero-order valence-corrected chi connectivity index (χ0v) is 15.0. The fraction of sp³-hybridized carbons (Fsp3) is 0.706. The number of rotatable bonds is 7. The fourth-order valence-corrected chi connectivity index (χ4v) is 2.97. The van der Waals surface area contributed by atoms with Crippen LogP contribution >= 0.6 is 0 Å². The highest BCUT2D eigenvalue weighted by Crippen LogP contribution is 2.16. The number of likely N-dealkylation sites (tertiary alicyclic amines) is 1. The van der Waals surface area contributed by atoms with Crippen molar-refractivity contribution in [1.29, 1.82) is 0 Å². The van der Waals surface area contributed by atoms with Crippen LogP contribution in [0.2, 0.25) is 0 Å². The molecule has 0 saturated carbocycles. The monoisotopic (exact) mass is 335 g/mol. The number of amides is 1. The molecule has 134 valence electrons. The number of hydrogen-bond acceptors (Lipinski definition) is 5. The Balaban J connectivity index is 1.77. The van der Waals surface area contributed by atoms with E-state index in [9.17, 15) is 9.59 Å². The van der Waals surface area contributed by atoms with Crippen LogP contribution in [0, 0.1) is 5.92 Å². The molecule has 1 N–H and O–H groups in total. The first-order valence-corrected chi connectivity index (χ1v) is 8.73. The highest BCUT2D eigenvalue weighted by Gasteiger charge is 2.19. The predicted octanol–water partition coefficient (Wildman–Crippen LogP) is 0.548. The molecule has 0 bridgehead atoms. The van der Waals surface area contributed by atoms with Gasteiger partial charge in [0.1, 0.15) is 6.54 Å². The molecule has 1 aromatic heterocycles. The molecule has 1 fully saturated rings. The third-order valence-corrected chi connectivity index (χ3v) is 4.50. The third kappa shape index (κ3) is 5.33. The van der Waals surface area contributed by atoms with E-state index in [0.717, 1.165) is 38.2 Å². The lowest BCUT2D eigenvalue weighted by Gasteiger charge is -2.31. The maximum atomic E-state index is 12.1. The number of anilines is 1. The maximum Gasteiger partial charge on any atom is 0.269 e. The lowest BCUT2D eigenvalue weighted by molar-refractivity contribution is -0.122. The first kappa shape index (κ1) is 18.4. The summed E-state index contributed by atoms with van der Waals surface area (Å²) in [5, 5.41) is 7.00. The van der Waals surface area contributed by atoms with E-state index < -0.39 is 0 Å². The molecule has 2 rings (SSSR count). The lowest BCUT2D eigenvalue weighted by Crippen LogP contribution is -2.40. The fourth-order valence-electron chi connectivity index (χ4n) is 2.97. The van der Waals surface area contributed by atoms with Gasteiger partial charge in [0.25, 0.3) is 5.56 Å². The molecule has 7 nitrogen and oxygen atoms in total. The molecule has 0 atom stereocenters. The highest BCUT2D eigenvalue weighted by molar-refractivity contribution is 5.75. The van der Waals surface area contributed by atoms with Crippen molar-refractivity contribution in [1.82, 2.24) is 20.0 Å². The molecular weight excluding hydrogens is 306 g/mol. The minimum Gasteiger partial charge on any atom is -0.376 e. The van der Waals surface area contributed by atoms with E-state index in [-0.39, 0.29) is 18.0 Å². The van der Waals surface area contributed by atoms with Crippen molar-refractivity contribution in [2.75, 3.05) is 45.2 Å². The van der Waals surface area contributed by atoms with E-state index >= 15 is 0 Å². The van der Waals surface area contributed by atoms with Gasteiger partial charge in [0, 0.05) is 26.7 Å². The summed E-state index contributed by atoms with van der Waals surface area (Å²) in [6, 6.07) is 1.49. The number of aromatic nitrogens is 2. The summed E-state index contributed by atoms with van der Waals surface area (Å²) in [5.41, 5.74) is 0.472. The summed E-state index contributed by atoms with van der Waals surface area (Å²) in [6.07, 6.45) is 5.03. The Morgan fingerprint density at radius 1 is 1.38 bits per heavy atom. The van der Waals surface area contributed by atoms with Crippen molar-refractivity contribution >= 4 is 11.6 Å². The number of carbonyl (C=O) groups excluding carboxylic acids is 1. The van der Waals surface area contributed by atoms with Crippen LogP contribution in [0.4, 0.5) is 5.69 Å². The average Bonchev–Trinajstić information content (AvgIpc) is 2.56. The van der Waals surface area contributed by atoms with E-state index in [1.54, 1.807) is 6.20 Å². The van der Waals surface area contributed by atoms with Gasteiger partial charge in [0.15, 0.2) is 0 Å². The molecule has 0 aromatic carbocycles. The minimum atomic E-state index is -0.260. The molecule has 7 heteroatoms.